The zero-order chi connectivity index (χ0) is 20.6. The van der Waals surface area contributed by atoms with Crippen molar-refractivity contribution in [3.8, 4) is 0 Å². The number of hydrogen-bond donors (Lipinski definition) is 1. The van der Waals surface area contributed by atoms with Crippen LogP contribution in [0.5, 0.6) is 0 Å². The van der Waals surface area contributed by atoms with Crippen LogP contribution in [0.1, 0.15) is 67.1 Å². The van der Waals surface area contributed by atoms with E-state index in [4.69, 9.17) is 0 Å². The first kappa shape index (κ1) is 20.1. The van der Waals surface area contributed by atoms with Crippen LogP contribution in [0, 0.1) is 12.7 Å². The van der Waals surface area contributed by atoms with Crippen molar-refractivity contribution in [1.29, 1.82) is 0 Å². The van der Waals surface area contributed by atoms with Crippen molar-refractivity contribution in [2.24, 2.45) is 4.99 Å². The number of aromatic carboxylic acids is 1. The number of nitrogens with zero attached hydrogens (tertiary/aromatic N) is 2. The van der Waals surface area contributed by atoms with Crippen LogP contribution in [-0.2, 0) is 0 Å². The third-order valence-corrected chi connectivity index (χ3v) is 5.70. The number of carboxylic acids is 1. The van der Waals surface area contributed by atoms with E-state index in [1.807, 2.05) is 6.07 Å². The Balaban J connectivity index is 2.02. The lowest BCUT2D eigenvalue weighted by atomic mass is 9.79. The number of benzene rings is 2. The summed E-state index contributed by atoms with van der Waals surface area (Å²) >= 11 is 0. The van der Waals surface area contributed by atoms with Gasteiger partial charge in [0.15, 0.2) is 0 Å². The van der Waals surface area contributed by atoms with Crippen LogP contribution in [0.4, 0.5) is 15.8 Å². The van der Waals surface area contributed by atoms with E-state index in [0.29, 0.717) is 22.7 Å². The Morgan fingerprint density at radius 2 is 2.11 bits per heavy atom. The summed E-state index contributed by atoms with van der Waals surface area (Å²) in [7, 11) is 0. The Morgan fingerprint density at radius 1 is 1.39 bits per heavy atom. The molecule has 3 rings (SSSR count). The fourth-order valence-corrected chi connectivity index (χ4v) is 4.35. The molecule has 0 bridgehead atoms. The molecule has 0 amide bonds. The van der Waals surface area contributed by atoms with Crippen LogP contribution in [0.15, 0.2) is 35.3 Å². The Hall–Kier alpha value is -2.69. The fourth-order valence-electron chi connectivity index (χ4n) is 4.35. The lowest BCUT2D eigenvalue weighted by Crippen LogP contribution is -2.48. The Labute approximate surface area is 165 Å². The largest absolute Gasteiger partial charge is 0.478 e. The maximum Gasteiger partial charge on any atom is 0.336 e. The van der Waals surface area contributed by atoms with Crippen molar-refractivity contribution in [1.82, 2.24) is 0 Å². The number of anilines is 1. The molecule has 2 aromatic rings. The molecule has 0 saturated carbocycles. The van der Waals surface area contributed by atoms with Crippen molar-refractivity contribution in [2.45, 2.75) is 52.5 Å². The molecule has 0 spiro atoms. The highest BCUT2D eigenvalue weighted by atomic mass is 19.1. The van der Waals surface area contributed by atoms with Gasteiger partial charge in [0.05, 0.1) is 11.3 Å². The van der Waals surface area contributed by atoms with Gasteiger partial charge in [0.1, 0.15) is 5.82 Å². The molecule has 148 valence electrons. The van der Waals surface area contributed by atoms with Gasteiger partial charge >= 0.3 is 5.97 Å². The van der Waals surface area contributed by atoms with Crippen LogP contribution in [-0.4, -0.2) is 29.4 Å². The number of hydrogen-bond acceptors (Lipinski definition) is 3. The number of carbonyl (C=O) groups is 1. The minimum atomic E-state index is -0.995. The van der Waals surface area contributed by atoms with Crippen LogP contribution in [0.3, 0.4) is 0 Å². The molecule has 4 nitrogen and oxygen atoms in total. The summed E-state index contributed by atoms with van der Waals surface area (Å²) in [5.74, 6) is -0.999. The number of rotatable bonds is 4. The monoisotopic (exact) mass is 382 g/mol. The lowest BCUT2D eigenvalue weighted by Gasteiger charge is -2.47. The Bertz CT molecular complexity index is 950. The first-order valence-electron chi connectivity index (χ1n) is 9.63. The summed E-state index contributed by atoms with van der Waals surface area (Å²) in [5.41, 5.74) is 3.78. The van der Waals surface area contributed by atoms with Gasteiger partial charge < -0.3 is 10.0 Å². The second-order valence-electron chi connectivity index (χ2n) is 8.11. The molecule has 5 heteroatoms. The number of halogens is 1. The van der Waals surface area contributed by atoms with Crippen molar-refractivity contribution in [3.05, 3.63) is 58.4 Å². The van der Waals surface area contributed by atoms with Gasteiger partial charge in [-0.15, -0.1) is 0 Å². The van der Waals surface area contributed by atoms with Crippen molar-refractivity contribution in [2.75, 3.05) is 11.4 Å². The molecule has 0 aliphatic carbocycles. The molecule has 1 aliphatic heterocycles. The fraction of sp³-hybridized carbons (Fsp3) is 0.391. The molecule has 1 atom stereocenters. The molecule has 2 aromatic carbocycles. The maximum absolute atomic E-state index is 14.9. The zero-order valence-corrected chi connectivity index (χ0v) is 17.1. The predicted octanol–water partition coefficient (Wildman–Crippen LogP) is 5.70. The van der Waals surface area contributed by atoms with Gasteiger partial charge in [0.25, 0.3) is 0 Å². The van der Waals surface area contributed by atoms with Gasteiger partial charge in [-0.2, -0.15) is 0 Å². The third-order valence-electron chi connectivity index (χ3n) is 5.70. The van der Waals surface area contributed by atoms with E-state index in [2.05, 4.69) is 37.6 Å². The highest BCUT2D eigenvalue weighted by molar-refractivity contribution is 5.92. The minimum Gasteiger partial charge on any atom is -0.478 e. The van der Waals surface area contributed by atoms with E-state index < -0.39 is 5.97 Å². The zero-order valence-electron chi connectivity index (χ0n) is 17.1. The lowest BCUT2D eigenvalue weighted by molar-refractivity contribution is 0.0696. The summed E-state index contributed by atoms with van der Waals surface area (Å²) in [6, 6.07) is 8.42. The Morgan fingerprint density at radius 3 is 2.75 bits per heavy atom. The van der Waals surface area contributed by atoms with E-state index in [0.717, 1.165) is 24.2 Å². The number of carboxylic acid groups (broad SMARTS) is 1. The third kappa shape index (κ3) is 3.53. The summed E-state index contributed by atoms with van der Waals surface area (Å²) in [6.07, 6.45) is 2.49. The van der Waals surface area contributed by atoms with E-state index >= 15 is 0 Å². The van der Waals surface area contributed by atoms with Gasteiger partial charge in [-0.05, 0) is 75.4 Å². The summed E-state index contributed by atoms with van der Waals surface area (Å²) in [6.45, 7) is 11.2. The maximum atomic E-state index is 14.9. The van der Waals surface area contributed by atoms with Crippen molar-refractivity contribution >= 4 is 23.6 Å². The van der Waals surface area contributed by atoms with E-state index in [1.165, 1.54) is 6.21 Å². The van der Waals surface area contributed by atoms with Gasteiger partial charge in [0.2, 0.25) is 0 Å². The van der Waals surface area contributed by atoms with Gasteiger partial charge in [-0.25, -0.2) is 9.18 Å². The van der Waals surface area contributed by atoms with Crippen LogP contribution < -0.4 is 4.90 Å². The highest BCUT2D eigenvalue weighted by Crippen LogP contribution is 2.43. The van der Waals surface area contributed by atoms with E-state index in [9.17, 15) is 14.3 Å². The normalized spacial score (nSPS) is 18.4. The van der Waals surface area contributed by atoms with Crippen LogP contribution >= 0.6 is 0 Å². The number of aliphatic imine (C=N–C) groups is 1. The average Bonchev–Trinajstić information content (AvgIpc) is 2.60. The van der Waals surface area contributed by atoms with Gasteiger partial charge in [-0.1, -0.05) is 13.0 Å². The van der Waals surface area contributed by atoms with Crippen molar-refractivity contribution < 1.29 is 14.3 Å². The molecule has 1 N–H and O–H groups in total. The molecule has 0 aromatic heterocycles. The van der Waals surface area contributed by atoms with E-state index in [-0.39, 0.29) is 16.9 Å². The molecule has 1 unspecified atom stereocenters. The topological polar surface area (TPSA) is 52.9 Å². The molecular formula is C23H27FN2O2. The SMILES string of the molecule is CCN1c2cc(F)c(C=Nc3cccc(C(=O)O)c3C)cc2C(C)CC1(C)C. The molecule has 0 saturated heterocycles. The molecule has 0 radical (unpaired) electrons. The summed E-state index contributed by atoms with van der Waals surface area (Å²) in [4.78, 5) is 17.9. The van der Waals surface area contributed by atoms with E-state index in [1.54, 1.807) is 31.2 Å². The summed E-state index contributed by atoms with van der Waals surface area (Å²) in [5, 5.41) is 9.26. The standard InChI is InChI=1S/C23H27FN2O2/c1-6-26-21-11-19(24)16(10-18(21)14(2)12-23(26,4)5)13-25-20-9-7-8-17(15(20)3)22(27)28/h7-11,13-14H,6,12H2,1-5H3,(H,27,28). The van der Waals surface area contributed by atoms with Crippen LogP contribution in [0.2, 0.25) is 0 Å². The molecule has 1 aliphatic rings. The van der Waals surface area contributed by atoms with Gasteiger partial charge in [0, 0.05) is 29.5 Å². The predicted molar refractivity (Wildman–Crippen MR) is 112 cm³/mol. The van der Waals surface area contributed by atoms with Gasteiger partial charge in [-0.3, -0.25) is 4.99 Å². The second-order valence-corrected chi connectivity index (χ2v) is 8.11. The quantitative estimate of drug-likeness (QED) is 0.691. The summed E-state index contributed by atoms with van der Waals surface area (Å²) < 4.78 is 14.9. The van der Waals surface area contributed by atoms with Crippen LogP contribution in [0.25, 0.3) is 0 Å². The molecule has 0 fully saturated rings. The number of fused-ring (bicyclic) bond motifs is 1. The minimum absolute atomic E-state index is 0.0163. The first-order valence-corrected chi connectivity index (χ1v) is 9.63. The first-order chi connectivity index (χ1) is 13.2. The van der Waals surface area contributed by atoms with Crippen molar-refractivity contribution in [3.63, 3.8) is 0 Å². The highest BCUT2D eigenvalue weighted by Gasteiger charge is 2.36. The molecular weight excluding hydrogens is 355 g/mol. The molecule has 28 heavy (non-hydrogen) atoms. The Kier molecular flexibility index (Phi) is 5.28. The molecule has 1 heterocycles. The average molecular weight is 382 g/mol. The second kappa shape index (κ2) is 7.38. The smallest absolute Gasteiger partial charge is 0.336 e.